The molecule has 0 amide bonds. The molecule has 0 aromatic heterocycles. The van der Waals surface area contributed by atoms with E-state index in [1.165, 1.54) is 0 Å². The molecule has 4 heteroatoms. The van der Waals surface area contributed by atoms with Crippen molar-refractivity contribution in [3.63, 3.8) is 0 Å². The zero-order valence-corrected chi connectivity index (χ0v) is 12.1. The fourth-order valence-electron chi connectivity index (χ4n) is 1.68. The van der Waals surface area contributed by atoms with Gasteiger partial charge in [0.2, 0.25) is 0 Å². The van der Waals surface area contributed by atoms with Crippen LogP contribution < -0.4 is 10.2 Å². The Morgan fingerprint density at radius 2 is 1.80 bits per heavy atom. The van der Waals surface area contributed by atoms with Crippen molar-refractivity contribution < 1.29 is 4.74 Å². The smallest absolute Gasteiger partial charge is 0.119 e. The highest BCUT2D eigenvalue weighted by atomic mass is 35.5. The Bertz CT molecular complexity index is 550. The minimum absolute atomic E-state index is 0.671. The van der Waals surface area contributed by atoms with Gasteiger partial charge in [0.25, 0.3) is 0 Å². The van der Waals surface area contributed by atoms with Crippen molar-refractivity contribution in [2.75, 3.05) is 6.61 Å². The molecule has 0 spiro atoms. The molecule has 104 valence electrons. The highest BCUT2D eigenvalue weighted by Gasteiger charge is 1.93. The molecule has 3 nitrogen and oxygen atoms in total. The van der Waals surface area contributed by atoms with Gasteiger partial charge < -0.3 is 10.2 Å². The lowest BCUT2D eigenvalue weighted by Gasteiger charge is -2.03. The van der Waals surface area contributed by atoms with Crippen molar-refractivity contribution in [2.24, 2.45) is 5.10 Å². The van der Waals surface area contributed by atoms with E-state index in [1.807, 2.05) is 55.5 Å². The summed E-state index contributed by atoms with van der Waals surface area (Å²) in [4.78, 5) is 0. The topological polar surface area (TPSA) is 33.6 Å². The van der Waals surface area contributed by atoms with Gasteiger partial charge in [-0.15, -0.1) is 0 Å². The molecule has 1 N–H and O–H groups in total. The average Bonchev–Trinajstić information content (AvgIpc) is 2.47. The van der Waals surface area contributed by atoms with Crippen molar-refractivity contribution in [2.45, 2.75) is 13.5 Å². The van der Waals surface area contributed by atoms with E-state index >= 15 is 0 Å². The SMILES string of the molecule is CCOc1ccc(/C=N\NCc2ccc(Cl)cc2)cc1. The Kier molecular flexibility index (Phi) is 5.44. The van der Waals surface area contributed by atoms with Crippen LogP contribution in [-0.2, 0) is 6.54 Å². The second-order valence-electron chi connectivity index (χ2n) is 4.22. The van der Waals surface area contributed by atoms with Gasteiger partial charge in [0.15, 0.2) is 0 Å². The molecule has 2 aromatic carbocycles. The third kappa shape index (κ3) is 4.59. The van der Waals surface area contributed by atoms with Crippen LogP contribution in [0.25, 0.3) is 0 Å². The van der Waals surface area contributed by atoms with Gasteiger partial charge in [-0.2, -0.15) is 5.10 Å². The molecule has 0 fully saturated rings. The standard InChI is InChI=1S/C16H17ClN2O/c1-2-20-16-9-5-14(6-10-16)12-19-18-11-13-3-7-15(17)8-4-13/h3-10,12,18H,2,11H2,1H3/b19-12-. The molecule has 0 aliphatic heterocycles. The lowest BCUT2D eigenvalue weighted by Crippen LogP contribution is -2.05. The first-order chi connectivity index (χ1) is 9.78. The Balaban J connectivity index is 1.82. The van der Waals surface area contributed by atoms with Gasteiger partial charge in [0.1, 0.15) is 5.75 Å². The normalized spacial score (nSPS) is 10.7. The molecular weight excluding hydrogens is 272 g/mol. The molecule has 0 radical (unpaired) electrons. The van der Waals surface area contributed by atoms with E-state index in [4.69, 9.17) is 16.3 Å². The van der Waals surface area contributed by atoms with Gasteiger partial charge in [-0.1, -0.05) is 23.7 Å². The van der Waals surface area contributed by atoms with Crippen molar-refractivity contribution in [3.05, 3.63) is 64.7 Å². The molecule has 0 bridgehead atoms. The third-order valence-corrected chi connectivity index (χ3v) is 2.94. The van der Waals surface area contributed by atoms with E-state index in [-0.39, 0.29) is 0 Å². The molecule has 0 atom stereocenters. The highest BCUT2D eigenvalue weighted by molar-refractivity contribution is 6.30. The molecule has 0 aliphatic rings. The lowest BCUT2D eigenvalue weighted by molar-refractivity contribution is 0.340. The molecule has 20 heavy (non-hydrogen) atoms. The Hall–Kier alpha value is -2.00. The number of benzene rings is 2. The van der Waals surface area contributed by atoms with Crippen LogP contribution in [0, 0.1) is 0 Å². The minimum atomic E-state index is 0.671. The number of hydrazone groups is 1. The molecular formula is C16H17ClN2O. The van der Waals surface area contributed by atoms with E-state index in [0.29, 0.717) is 13.2 Å². The van der Waals surface area contributed by atoms with E-state index in [2.05, 4.69) is 10.5 Å². The van der Waals surface area contributed by atoms with Gasteiger partial charge in [-0.3, -0.25) is 0 Å². The van der Waals surface area contributed by atoms with Gasteiger partial charge in [0, 0.05) is 5.02 Å². The summed E-state index contributed by atoms with van der Waals surface area (Å²) in [6.45, 7) is 3.32. The zero-order chi connectivity index (χ0) is 14.2. The quantitative estimate of drug-likeness (QED) is 0.647. The molecule has 2 rings (SSSR count). The van der Waals surface area contributed by atoms with Gasteiger partial charge in [-0.05, 0) is 54.4 Å². The number of rotatable bonds is 6. The summed E-state index contributed by atoms with van der Waals surface area (Å²) >= 11 is 5.83. The highest BCUT2D eigenvalue weighted by Crippen LogP contribution is 2.11. The monoisotopic (exact) mass is 288 g/mol. The lowest BCUT2D eigenvalue weighted by atomic mass is 10.2. The fraction of sp³-hybridized carbons (Fsp3) is 0.188. The fourth-order valence-corrected chi connectivity index (χ4v) is 1.80. The molecule has 0 saturated carbocycles. The maximum atomic E-state index is 5.83. The van der Waals surface area contributed by atoms with E-state index in [0.717, 1.165) is 21.9 Å². The number of ether oxygens (including phenoxy) is 1. The van der Waals surface area contributed by atoms with Crippen molar-refractivity contribution in [1.29, 1.82) is 0 Å². The predicted molar refractivity (Wildman–Crippen MR) is 83.5 cm³/mol. The summed E-state index contributed by atoms with van der Waals surface area (Å²) in [5.41, 5.74) is 5.17. The Morgan fingerprint density at radius 1 is 1.10 bits per heavy atom. The second-order valence-corrected chi connectivity index (χ2v) is 4.66. The molecule has 0 unspecified atom stereocenters. The first-order valence-corrected chi connectivity index (χ1v) is 6.89. The maximum absolute atomic E-state index is 5.83. The van der Waals surface area contributed by atoms with Crippen LogP contribution in [0.3, 0.4) is 0 Å². The summed E-state index contributed by atoms with van der Waals surface area (Å²) in [6, 6.07) is 15.5. The van der Waals surface area contributed by atoms with Crippen LogP contribution in [0.4, 0.5) is 0 Å². The van der Waals surface area contributed by atoms with Crippen molar-refractivity contribution in [3.8, 4) is 5.75 Å². The van der Waals surface area contributed by atoms with Crippen molar-refractivity contribution in [1.82, 2.24) is 5.43 Å². The summed E-state index contributed by atoms with van der Waals surface area (Å²) < 4.78 is 5.38. The van der Waals surface area contributed by atoms with Crippen molar-refractivity contribution >= 4 is 17.8 Å². The molecule has 2 aromatic rings. The number of hydrogen-bond donors (Lipinski definition) is 1. The molecule has 0 heterocycles. The van der Waals surface area contributed by atoms with E-state index in [9.17, 15) is 0 Å². The van der Waals surface area contributed by atoms with Gasteiger partial charge >= 0.3 is 0 Å². The van der Waals surface area contributed by atoms with Crippen LogP contribution >= 0.6 is 11.6 Å². The number of nitrogens with one attached hydrogen (secondary N) is 1. The summed E-state index contributed by atoms with van der Waals surface area (Å²) in [5, 5.41) is 4.93. The first-order valence-electron chi connectivity index (χ1n) is 6.51. The Labute approximate surface area is 124 Å². The number of nitrogens with zero attached hydrogens (tertiary/aromatic N) is 1. The number of hydrogen-bond acceptors (Lipinski definition) is 3. The van der Waals surface area contributed by atoms with Gasteiger partial charge in [-0.25, -0.2) is 0 Å². The van der Waals surface area contributed by atoms with E-state index in [1.54, 1.807) is 6.21 Å². The van der Waals surface area contributed by atoms with Crippen LogP contribution in [-0.4, -0.2) is 12.8 Å². The summed E-state index contributed by atoms with van der Waals surface area (Å²) in [5.74, 6) is 0.874. The van der Waals surface area contributed by atoms with Crippen LogP contribution in [0.2, 0.25) is 5.02 Å². The van der Waals surface area contributed by atoms with Crippen LogP contribution in [0.15, 0.2) is 53.6 Å². The average molecular weight is 289 g/mol. The summed E-state index contributed by atoms with van der Waals surface area (Å²) in [7, 11) is 0. The molecule has 0 saturated heterocycles. The predicted octanol–water partition coefficient (Wildman–Crippen LogP) is 3.86. The van der Waals surface area contributed by atoms with Gasteiger partial charge in [0.05, 0.1) is 19.4 Å². The maximum Gasteiger partial charge on any atom is 0.119 e. The Morgan fingerprint density at radius 3 is 2.45 bits per heavy atom. The van der Waals surface area contributed by atoms with Crippen LogP contribution in [0.5, 0.6) is 5.75 Å². The summed E-state index contributed by atoms with van der Waals surface area (Å²) in [6.07, 6.45) is 1.78. The van der Waals surface area contributed by atoms with Crippen LogP contribution in [0.1, 0.15) is 18.1 Å². The first kappa shape index (κ1) is 14.4. The largest absolute Gasteiger partial charge is 0.494 e. The number of halogens is 1. The zero-order valence-electron chi connectivity index (χ0n) is 11.3. The third-order valence-electron chi connectivity index (χ3n) is 2.69. The minimum Gasteiger partial charge on any atom is -0.494 e. The van der Waals surface area contributed by atoms with E-state index < -0.39 is 0 Å². The second kappa shape index (κ2) is 7.56. The molecule has 0 aliphatic carbocycles.